The molecule has 1 amide bonds. The Bertz CT molecular complexity index is 282. The van der Waals surface area contributed by atoms with E-state index < -0.39 is 0 Å². The second-order valence-electron chi connectivity index (χ2n) is 5.61. The number of rotatable bonds is 4. The average molecular weight is 253 g/mol. The summed E-state index contributed by atoms with van der Waals surface area (Å²) in [6.45, 7) is 6.21. The SMILES string of the molecule is CCCN1CCCC1C(=O)N1CCCC(NC)C1. The Morgan fingerprint density at radius 3 is 2.78 bits per heavy atom. The zero-order chi connectivity index (χ0) is 13.0. The van der Waals surface area contributed by atoms with Gasteiger partial charge in [-0.05, 0) is 52.2 Å². The van der Waals surface area contributed by atoms with E-state index in [9.17, 15) is 4.79 Å². The van der Waals surface area contributed by atoms with E-state index >= 15 is 0 Å². The molecular weight excluding hydrogens is 226 g/mol. The summed E-state index contributed by atoms with van der Waals surface area (Å²) in [6.07, 6.45) is 5.71. The lowest BCUT2D eigenvalue weighted by Gasteiger charge is -2.36. The largest absolute Gasteiger partial charge is 0.340 e. The Hall–Kier alpha value is -0.610. The number of nitrogens with zero attached hydrogens (tertiary/aromatic N) is 2. The average Bonchev–Trinajstić information content (AvgIpc) is 2.86. The van der Waals surface area contributed by atoms with Gasteiger partial charge in [-0.3, -0.25) is 9.69 Å². The van der Waals surface area contributed by atoms with E-state index in [0.717, 1.165) is 45.4 Å². The highest BCUT2D eigenvalue weighted by Gasteiger charge is 2.34. The van der Waals surface area contributed by atoms with Crippen LogP contribution in [0, 0.1) is 0 Å². The molecule has 0 aliphatic carbocycles. The highest BCUT2D eigenvalue weighted by molar-refractivity contribution is 5.82. The van der Waals surface area contributed by atoms with Crippen LogP contribution < -0.4 is 5.32 Å². The predicted molar refractivity (Wildman–Crippen MR) is 73.5 cm³/mol. The van der Waals surface area contributed by atoms with Crippen molar-refractivity contribution in [2.45, 2.75) is 51.1 Å². The lowest BCUT2D eigenvalue weighted by atomic mass is 10.0. The minimum atomic E-state index is 0.167. The quantitative estimate of drug-likeness (QED) is 0.814. The highest BCUT2D eigenvalue weighted by Crippen LogP contribution is 2.21. The van der Waals surface area contributed by atoms with Crippen LogP contribution in [0.5, 0.6) is 0 Å². The second-order valence-corrected chi connectivity index (χ2v) is 5.61. The molecule has 0 aromatic rings. The number of carbonyl (C=O) groups is 1. The van der Waals surface area contributed by atoms with Crippen LogP contribution >= 0.6 is 0 Å². The van der Waals surface area contributed by atoms with Gasteiger partial charge in [0, 0.05) is 19.1 Å². The summed E-state index contributed by atoms with van der Waals surface area (Å²) in [7, 11) is 2.00. The van der Waals surface area contributed by atoms with Crippen molar-refractivity contribution in [3.05, 3.63) is 0 Å². The van der Waals surface area contributed by atoms with E-state index in [1.807, 2.05) is 7.05 Å². The van der Waals surface area contributed by atoms with Crippen molar-refractivity contribution in [3.8, 4) is 0 Å². The molecule has 0 spiro atoms. The molecular formula is C14H27N3O. The fraction of sp³-hybridized carbons (Fsp3) is 0.929. The third kappa shape index (κ3) is 3.04. The van der Waals surface area contributed by atoms with Gasteiger partial charge in [-0.2, -0.15) is 0 Å². The first kappa shape index (κ1) is 13.8. The van der Waals surface area contributed by atoms with E-state index in [-0.39, 0.29) is 6.04 Å². The summed E-state index contributed by atoms with van der Waals surface area (Å²) in [6, 6.07) is 0.657. The molecule has 2 rings (SSSR count). The summed E-state index contributed by atoms with van der Waals surface area (Å²) < 4.78 is 0. The molecule has 0 saturated carbocycles. The van der Waals surface area contributed by atoms with E-state index in [1.54, 1.807) is 0 Å². The fourth-order valence-corrected chi connectivity index (χ4v) is 3.28. The lowest BCUT2D eigenvalue weighted by Crippen LogP contribution is -2.52. The van der Waals surface area contributed by atoms with Gasteiger partial charge in [0.2, 0.25) is 5.91 Å². The normalized spacial score (nSPS) is 29.8. The van der Waals surface area contributed by atoms with Gasteiger partial charge in [0.15, 0.2) is 0 Å². The maximum Gasteiger partial charge on any atom is 0.239 e. The maximum absolute atomic E-state index is 12.6. The zero-order valence-corrected chi connectivity index (χ0v) is 11.8. The van der Waals surface area contributed by atoms with Crippen LogP contribution in [0.15, 0.2) is 0 Å². The van der Waals surface area contributed by atoms with Gasteiger partial charge in [-0.25, -0.2) is 0 Å². The van der Waals surface area contributed by atoms with Gasteiger partial charge in [-0.1, -0.05) is 6.92 Å². The third-order valence-corrected chi connectivity index (χ3v) is 4.30. The van der Waals surface area contributed by atoms with Gasteiger partial charge in [0.25, 0.3) is 0 Å². The number of nitrogens with one attached hydrogen (secondary N) is 1. The molecule has 0 aromatic heterocycles. The van der Waals surface area contributed by atoms with E-state index in [4.69, 9.17) is 0 Å². The summed E-state index contributed by atoms with van der Waals surface area (Å²) in [5.41, 5.74) is 0. The van der Waals surface area contributed by atoms with Crippen molar-refractivity contribution in [2.75, 3.05) is 33.2 Å². The number of amides is 1. The van der Waals surface area contributed by atoms with Crippen molar-refractivity contribution < 1.29 is 4.79 Å². The molecule has 2 aliphatic rings. The summed E-state index contributed by atoms with van der Waals surface area (Å²) in [4.78, 5) is 17.1. The van der Waals surface area contributed by atoms with Crippen LogP contribution in [-0.4, -0.2) is 61.0 Å². The Kier molecular flexibility index (Phi) is 5.01. The van der Waals surface area contributed by atoms with Crippen LogP contribution in [0.4, 0.5) is 0 Å². The molecule has 2 heterocycles. The third-order valence-electron chi connectivity index (χ3n) is 4.30. The summed E-state index contributed by atoms with van der Waals surface area (Å²) in [5.74, 6) is 0.376. The molecule has 2 atom stereocenters. The molecule has 2 fully saturated rings. The van der Waals surface area contributed by atoms with Crippen LogP contribution in [-0.2, 0) is 4.79 Å². The van der Waals surface area contributed by atoms with Crippen molar-refractivity contribution in [1.29, 1.82) is 0 Å². The minimum absolute atomic E-state index is 0.167. The molecule has 2 saturated heterocycles. The summed E-state index contributed by atoms with van der Waals surface area (Å²) in [5, 5.41) is 3.31. The molecule has 1 N–H and O–H groups in total. The molecule has 0 radical (unpaired) electrons. The van der Waals surface area contributed by atoms with Crippen LogP contribution in [0.25, 0.3) is 0 Å². The molecule has 4 nitrogen and oxygen atoms in total. The van der Waals surface area contributed by atoms with Gasteiger partial charge in [0.1, 0.15) is 0 Å². The number of carbonyl (C=O) groups excluding carboxylic acids is 1. The number of hydrogen-bond donors (Lipinski definition) is 1. The first-order chi connectivity index (χ1) is 8.76. The molecule has 4 heteroatoms. The highest BCUT2D eigenvalue weighted by atomic mass is 16.2. The minimum Gasteiger partial charge on any atom is -0.340 e. The van der Waals surface area contributed by atoms with Crippen molar-refractivity contribution >= 4 is 5.91 Å². The Morgan fingerprint density at radius 2 is 2.06 bits per heavy atom. The maximum atomic E-state index is 12.6. The van der Waals surface area contributed by atoms with Crippen molar-refractivity contribution in [1.82, 2.24) is 15.1 Å². The van der Waals surface area contributed by atoms with Crippen LogP contribution in [0.2, 0.25) is 0 Å². The standard InChI is InChI=1S/C14H27N3O/c1-3-8-16-9-5-7-13(16)14(18)17-10-4-6-12(11-17)15-2/h12-13,15H,3-11H2,1-2H3. The van der Waals surface area contributed by atoms with Crippen LogP contribution in [0.1, 0.15) is 39.0 Å². The van der Waals surface area contributed by atoms with Crippen molar-refractivity contribution in [2.24, 2.45) is 0 Å². The Balaban J connectivity index is 1.93. The molecule has 0 bridgehead atoms. The van der Waals surface area contributed by atoms with E-state index in [1.165, 1.54) is 12.8 Å². The molecule has 2 unspecified atom stereocenters. The number of likely N-dealkylation sites (N-methyl/N-ethyl adjacent to an activating group) is 1. The number of piperidine rings is 1. The topological polar surface area (TPSA) is 35.6 Å². The molecule has 104 valence electrons. The van der Waals surface area contributed by atoms with Gasteiger partial charge < -0.3 is 10.2 Å². The Morgan fingerprint density at radius 1 is 1.28 bits per heavy atom. The van der Waals surface area contributed by atoms with E-state index in [2.05, 4.69) is 22.0 Å². The number of likely N-dealkylation sites (tertiary alicyclic amines) is 2. The van der Waals surface area contributed by atoms with Gasteiger partial charge >= 0.3 is 0 Å². The lowest BCUT2D eigenvalue weighted by molar-refractivity contribution is -0.137. The van der Waals surface area contributed by atoms with Gasteiger partial charge in [0.05, 0.1) is 6.04 Å². The first-order valence-electron chi connectivity index (χ1n) is 7.46. The van der Waals surface area contributed by atoms with Gasteiger partial charge in [-0.15, -0.1) is 0 Å². The van der Waals surface area contributed by atoms with Crippen LogP contribution in [0.3, 0.4) is 0 Å². The Labute approximate surface area is 111 Å². The molecule has 18 heavy (non-hydrogen) atoms. The van der Waals surface area contributed by atoms with Crippen molar-refractivity contribution in [3.63, 3.8) is 0 Å². The second kappa shape index (κ2) is 6.53. The molecule has 0 aromatic carbocycles. The predicted octanol–water partition coefficient (Wildman–Crippen LogP) is 1.07. The first-order valence-corrected chi connectivity index (χ1v) is 7.46. The fourth-order valence-electron chi connectivity index (χ4n) is 3.28. The number of hydrogen-bond acceptors (Lipinski definition) is 3. The smallest absolute Gasteiger partial charge is 0.239 e. The van der Waals surface area contributed by atoms with E-state index in [0.29, 0.717) is 11.9 Å². The summed E-state index contributed by atoms with van der Waals surface area (Å²) >= 11 is 0. The molecule has 2 aliphatic heterocycles. The monoisotopic (exact) mass is 253 g/mol. The zero-order valence-electron chi connectivity index (χ0n) is 11.8.